The summed E-state index contributed by atoms with van der Waals surface area (Å²) in [6.45, 7) is 7.16. The van der Waals surface area contributed by atoms with Crippen molar-refractivity contribution in [1.29, 1.82) is 0 Å². The van der Waals surface area contributed by atoms with E-state index >= 15 is 0 Å². The summed E-state index contributed by atoms with van der Waals surface area (Å²) < 4.78 is 0. The van der Waals surface area contributed by atoms with Crippen molar-refractivity contribution in [2.45, 2.75) is 66.2 Å². The smallest absolute Gasteiger partial charge is 0.169 e. The number of phenols is 6. The van der Waals surface area contributed by atoms with Gasteiger partial charge in [0.25, 0.3) is 0 Å². The molecule has 210 valence electrons. The Morgan fingerprint density at radius 2 is 0.925 bits per heavy atom. The van der Waals surface area contributed by atoms with E-state index in [1.165, 1.54) is 0 Å². The van der Waals surface area contributed by atoms with Crippen molar-refractivity contribution >= 4 is 34.1 Å². The number of hydrogen-bond donors (Lipinski definition) is 6. The maximum Gasteiger partial charge on any atom is 0.169 e. The van der Waals surface area contributed by atoms with E-state index in [0.29, 0.717) is 47.3 Å². The topological polar surface area (TPSA) is 156 Å². The van der Waals surface area contributed by atoms with Gasteiger partial charge < -0.3 is 30.6 Å². The predicted octanol–water partition coefficient (Wildman–Crippen LogP) is 6.82. The Labute approximate surface area is 231 Å². The SMILES string of the molecule is CCCCc1cc2c(C)c(O)c(O)c(C=O)c2c(O)c1-c1c(CCCC)cc2c(C)c(O)c(O)c(C=O)c2c1O. The molecule has 0 aliphatic heterocycles. The van der Waals surface area contributed by atoms with E-state index in [-0.39, 0.29) is 55.7 Å². The zero-order valence-electron chi connectivity index (χ0n) is 23.1. The Bertz CT molecular complexity index is 1560. The standard InChI is InChI=1S/C32H34O8/c1-5-7-9-17-11-19-15(3)27(35)29(37)21(13-33)25(19)31(39)23(17)24-18(10-8-6-2)12-20-16(4)28(36)30(38)22(14-34)26(20)32(24)40/h11-14,35-40H,5-10H2,1-4H3. The number of carbonyl (C=O) groups is 2. The summed E-state index contributed by atoms with van der Waals surface area (Å²) in [6, 6.07) is 3.49. The van der Waals surface area contributed by atoms with Crippen molar-refractivity contribution in [2.24, 2.45) is 0 Å². The lowest BCUT2D eigenvalue weighted by Crippen LogP contribution is -2.02. The second-order valence-corrected chi connectivity index (χ2v) is 10.3. The molecule has 8 nitrogen and oxygen atoms in total. The third-order valence-corrected chi connectivity index (χ3v) is 7.87. The Hall–Kier alpha value is -4.46. The van der Waals surface area contributed by atoms with E-state index in [4.69, 9.17) is 0 Å². The van der Waals surface area contributed by atoms with Gasteiger partial charge in [-0.05, 0) is 73.6 Å². The Morgan fingerprint density at radius 1 is 0.575 bits per heavy atom. The van der Waals surface area contributed by atoms with E-state index in [2.05, 4.69) is 0 Å². The lowest BCUT2D eigenvalue weighted by molar-refractivity contribution is 0.111. The molecular weight excluding hydrogens is 512 g/mol. The maximum atomic E-state index is 12.1. The van der Waals surface area contributed by atoms with Gasteiger partial charge in [-0.3, -0.25) is 9.59 Å². The van der Waals surface area contributed by atoms with Crippen LogP contribution in [0.15, 0.2) is 12.1 Å². The molecule has 0 radical (unpaired) electrons. The first-order valence-electron chi connectivity index (χ1n) is 13.4. The molecule has 40 heavy (non-hydrogen) atoms. The lowest BCUT2D eigenvalue weighted by Gasteiger charge is -2.23. The highest BCUT2D eigenvalue weighted by molar-refractivity contribution is 6.14. The molecule has 0 heterocycles. The summed E-state index contributed by atoms with van der Waals surface area (Å²) in [7, 11) is 0. The fourth-order valence-corrected chi connectivity index (χ4v) is 5.60. The molecule has 4 aromatic carbocycles. The van der Waals surface area contributed by atoms with Crippen molar-refractivity contribution in [3.05, 3.63) is 45.5 Å². The summed E-state index contributed by atoms with van der Waals surface area (Å²) in [5.74, 6) is -2.94. The van der Waals surface area contributed by atoms with Crippen molar-refractivity contribution < 1.29 is 40.2 Å². The van der Waals surface area contributed by atoms with Gasteiger partial charge in [0, 0.05) is 33.0 Å². The van der Waals surface area contributed by atoms with Gasteiger partial charge in [-0.25, -0.2) is 0 Å². The largest absolute Gasteiger partial charge is 0.507 e. The van der Waals surface area contributed by atoms with Crippen molar-refractivity contribution in [1.82, 2.24) is 0 Å². The zero-order valence-corrected chi connectivity index (χ0v) is 23.1. The molecule has 0 saturated carbocycles. The van der Waals surface area contributed by atoms with Gasteiger partial charge >= 0.3 is 0 Å². The number of aldehydes is 2. The fourth-order valence-electron chi connectivity index (χ4n) is 5.60. The molecule has 0 spiro atoms. The van der Waals surface area contributed by atoms with Gasteiger partial charge in [-0.2, -0.15) is 0 Å². The van der Waals surface area contributed by atoms with Crippen LogP contribution in [0.3, 0.4) is 0 Å². The van der Waals surface area contributed by atoms with Crippen LogP contribution in [0.1, 0.15) is 82.5 Å². The van der Waals surface area contributed by atoms with Gasteiger partial charge in [0.1, 0.15) is 11.5 Å². The predicted molar refractivity (Wildman–Crippen MR) is 154 cm³/mol. The first kappa shape index (κ1) is 28.5. The van der Waals surface area contributed by atoms with Crippen LogP contribution in [-0.2, 0) is 12.8 Å². The maximum absolute atomic E-state index is 12.1. The molecule has 0 aliphatic carbocycles. The molecule has 0 bridgehead atoms. The van der Waals surface area contributed by atoms with Gasteiger partial charge in [-0.1, -0.05) is 26.7 Å². The van der Waals surface area contributed by atoms with Crippen LogP contribution in [0, 0.1) is 13.8 Å². The van der Waals surface area contributed by atoms with Crippen molar-refractivity contribution in [3.8, 4) is 45.6 Å². The van der Waals surface area contributed by atoms with E-state index < -0.39 is 23.0 Å². The average molecular weight is 547 g/mol. The van der Waals surface area contributed by atoms with E-state index in [1.54, 1.807) is 26.0 Å². The third kappa shape index (κ3) is 4.24. The minimum absolute atomic E-state index is 0.0272. The lowest BCUT2D eigenvalue weighted by atomic mass is 9.83. The molecule has 6 N–H and O–H groups in total. The first-order valence-corrected chi connectivity index (χ1v) is 13.4. The number of benzene rings is 4. The van der Waals surface area contributed by atoms with Crippen LogP contribution in [0.4, 0.5) is 0 Å². The van der Waals surface area contributed by atoms with Crippen molar-refractivity contribution in [3.63, 3.8) is 0 Å². The molecule has 0 aromatic heterocycles. The first-order chi connectivity index (χ1) is 19.0. The number of aromatic hydroxyl groups is 6. The number of hydrogen-bond acceptors (Lipinski definition) is 8. The highest BCUT2D eigenvalue weighted by atomic mass is 16.3. The van der Waals surface area contributed by atoms with Gasteiger partial charge in [0.05, 0.1) is 11.1 Å². The number of phenolic OH excluding ortho intramolecular Hbond substituents is 6. The number of rotatable bonds is 9. The molecule has 0 atom stereocenters. The monoisotopic (exact) mass is 546 g/mol. The molecule has 4 rings (SSSR count). The zero-order chi connectivity index (χ0) is 29.5. The minimum Gasteiger partial charge on any atom is -0.507 e. The number of unbranched alkanes of at least 4 members (excludes halogenated alkanes) is 2. The van der Waals surface area contributed by atoms with E-state index in [0.717, 1.165) is 25.7 Å². The fraction of sp³-hybridized carbons (Fsp3) is 0.312. The molecule has 0 aliphatic rings. The highest BCUT2D eigenvalue weighted by Gasteiger charge is 2.29. The summed E-state index contributed by atoms with van der Waals surface area (Å²) in [5, 5.41) is 66.6. The Kier molecular flexibility index (Phi) is 7.82. The summed E-state index contributed by atoms with van der Waals surface area (Å²) in [4.78, 5) is 24.2. The van der Waals surface area contributed by atoms with E-state index in [1.807, 2.05) is 13.8 Å². The number of fused-ring (bicyclic) bond motifs is 2. The quantitative estimate of drug-likeness (QED) is 0.0986. The number of carbonyl (C=O) groups excluding carboxylic acids is 2. The van der Waals surface area contributed by atoms with Gasteiger partial charge in [0.2, 0.25) is 0 Å². The van der Waals surface area contributed by atoms with Crippen molar-refractivity contribution in [2.75, 3.05) is 0 Å². The average Bonchev–Trinajstić information content (AvgIpc) is 2.94. The van der Waals surface area contributed by atoms with Gasteiger partial charge in [-0.15, -0.1) is 0 Å². The summed E-state index contributed by atoms with van der Waals surface area (Å²) in [6.07, 6.45) is 4.80. The number of aryl methyl sites for hydroxylation is 4. The minimum atomic E-state index is -0.657. The highest BCUT2D eigenvalue weighted by Crippen LogP contribution is 2.53. The van der Waals surface area contributed by atoms with Gasteiger partial charge in [0.15, 0.2) is 35.6 Å². The summed E-state index contributed by atoms with van der Waals surface area (Å²) >= 11 is 0. The normalized spacial score (nSPS) is 11.4. The third-order valence-electron chi connectivity index (χ3n) is 7.87. The van der Waals surface area contributed by atoms with Crippen LogP contribution >= 0.6 is 0 Å². The summed E-state index contributed by atoms with van der Waals surface area (Å²) in [5.41, 5.74) is 1.73. The van der Waals surface area contributed by atoms with Crippen LogP contribution < -0.4 is 0 Å². The Morgan fingerprint density at radius 3 is 1.23 bits per heavy atom. The molecule has 0 fully saturated rings. The molecule has 0 saturated heterocycles. The second kappa shape index (κ2) is 11.0. The van der Waals surface area contributed by atoms with Crippen LogP contribution in [0.5, 0.6) is 34.5 Å². The van der Waals surface area contributed by atoms with Crippen LogP contribution in [0.25, 0.3) is 32.7 Å². The molecule has 8 heteroatoms. The molecule has 0 amide bonds. The van der Waals surface area contributed by atoms with Crippen LogP contribution in [0.2, 0.25) is 0 Å². The molecule has 4 aromatic rings. The van der Waals surface area contributed by atoms with E-state index in [9.17, 15) is 40.2 Å². The second-order valence-electron chi connectivity index (χ2n) is 10.3. The molecule has 0 unspecified atom stereocenters. The molecular formula is C32H34O8. The van der Waals surface area contributed by atoms with Crippen LogP contribution in [-0.4, -0.2) is 43.2 Å². The Balaban J connectivity index is 2.30.